The van der Waals surface area contributed by atoms with Crippen molar-refractivity contribution in [1.82, 2.24) is 24.7 Å². The van der Waals surface area contributed by atoms with E-state index in [1.807, 2.05) is 32.0 Å². The zero-order valence-corrected chi connectivity index (χ0v) is 12.6. The van der Waals surface area contributed by atoms with Crippen molar-refractivity contribution in [3.05, 3.63) is 41.5 Å². The van der Waals surface area contributed by atoms with Crippen LogP contribution in [0.2, 0.25) is 0 Å². The van der Waals surface area contributed by atoms with Gasteiger partial charge in [0.25, 0.3) is 0 Å². The van der Waals surface area contributed by atoms with Gasteiger partial charge in [0.2, 0.25) is 0 Å². The van der Waals surface area contributed by atoms with Gasteiger partial charge < -0.3 is 5.73 Å². The largest absolute Gasteiger partial charge is 0.384 e. The molecule has 0 fully saturated rings. The summed E-state index contributed by atoms with van der Waals surface area (Å²) < 4.78 is 1.80. The second-order valence-corrected chi connectivity index (χ2v) is 5.37. The van der Waals surface area contributed by atoms with Crippen molar-refractivity contribution in [2.45, 2.75) is 13.8 Å². The van der Waals surface area contributed by atoms with Crippen LogP contribution < -0.4 is 5.73 Å². The number of hydrogen-bond donors (Lipinski definition) is 2. The lowest BCUT2D eigenvalue weighted by molar-refractivity contribution is 1.04. The summed E-state index contributed by atoms with van der Waals surface area (Å²) in [6.45, 7) is 3.73. The molecule has 1 aromatic carbocycles. The lowest BCUT2D eigenvalue weighted by Crippen LogP contribution is -2.03. The standard InChI is InChI=1S/C16H13N7/c1-8-14-12(22-21-8)4-3-5-13(14)23-15(18)10(6-17)11-7-19-9(2)20-16(11)23/h3-5,7H,18H2,1-2H3,(H,21,22). The number of aromatic nitrogens is 5. The fraction of sp³-hybridized carbons (Fsp3) is 0.125. The molecule has 0 spiro atoms. The third kappa shape index (κ3) is 1.72. The summed E-state index contributed by atoms with van der Waals surface area (Å²) in [5.74, 6) is 0.979. The number of aryl methyl sites for hydroxylation is 2. The molecule has 3 heterocycles. The molecule has 0 saturated heterocycles. The lowest BCUT2D eigenvalue weighted by atomic mass is 10.1. The van der Waals surface area contributed by atoms with E-state index in [1.54, 1.807) is 10.8 Å². The molecule has 23 heavy (non-hydrogen) atoms. The summed E-state index contributed by atoms with van der Waals surface area (Å²) in [5.41, 5.74) is 9.89. The smallest absolute Gasteiger partial charge is 0.151 e. The fourth-order valence-electron chi connectivity index (χ4n) is 2.93. The predicted octanol–water partition coefficient (Wildman–Crippen LogP) is 2.37. The van der Waals surface area contributed by atoms with Crippen LogP contribution in [0, 0.1) is 25.2 Å². The monoisotopic (exact) mass is 303 g/mol. The van der Waals surface area contributed by atoms with Crippen LogP contribution >= 0.6 is 0 Å². The Morgan fingerprint density at radius 2 is 2.13 bits per heavy atom. The van der Waals surface area contributed by atoms with Gasteiger partial charge in [-0.05, 0) is 26.0 Å². The Kier molecular flexibility index (Phi) is 2.62. The van der Waals surface area contributed by atoms with Crippen LogP contribution in [0.4, 0.5) is 5.82 Å². The fourth-order valence-corrected chi connectivity index (χ4v) is 2.93. The van der Waals surface area contributed by atoms with Crippen molar-refractivity contribution < 1.29 is 0 Å². The first-order valence-electron chi connectivity index (χ1n) is 7.09. The van der Waals surface area contributed by atoms with Gasteiger partial charge in [-0.1, -0.05) is 6.07 Å². The van der Waals surface area contributed by atoms with E-state index in [4.69, 9.17) is 5.73 Å². The van der Waals surface area contributed by atoms with Crippen molar-refractivity contribution in [2.24, 2.45) is 0 Å². The first-order chi connectivity index (χ1) is 11.1. The van der Waals surface area contributed by atoms with Crippen molar-refractivity contribution in [3.63, 3.8) is 0 Å². The maximum Gasteiger partial charge on any atom is 0.151 e. The predicted molar refractivity (Wildman–Crippen MR) is 87.1 cm³/mol. The molecule has 0 aliphatic rings. The highest BCUT2D eigenvalue weighted by atomic mass is 15.1. The maximum absolute atomic E-state index is 9.46. The Morgan fingerprint density at radius 1 is 1.30 bits per heavy atom. The molecule has 0 atom stereocenters. The number of fused-ring (bicyclic) bond motifs is 2. The topological polar surface area (TPSA) is 109 Å². The van der Waals surface area contributed by atoms with Crippen molar-refractivity contribution in [1.29, 1.82) is 5.26 Å². The van der Waals surface area contributed by atoms with E-state index >= 15 is 0 Å². The van der Waals surface area contributed by atoms with Gasteiger partial charge in [-0.15, -0.1) is 0 Å². The number of nitrogens with zero attached hydrogens (tertiary/aromatic N) is 5. The third-order valence-corrected chi connectivity index (χ3v) is 3.97. The molecule has 112 valence electrons. The second-order valence-electron chi connectivity index (χ2n) is 5.37. The number of nitriles is 1. The Labute approximate surface area is 131 Å². The van der Waals surface area contributed by atoms with Gasteiger partial charge in [0.15, 0.2) is 5.65 Å². The highest BCUT2D eigenvalue weighted by Gasteiger charge is 2.20. The Morgan fingerprint density at radius 3 is 2.91 bits per heavy atom. The average molecular weight is 303 g/mol. The van der Waals surface area contributed by atoms with Gasteiger partial charge in [-0.2, -0.15) is 10.4 Å². The molecule has 3 N–H and O–H groups in total. The van der Waals surface area contributed by atoms with Gasteiger partial charge in [0, 0.05) is 11.6 Å². The lowest BCUT2D eigenvalue weighted by Gasteiger charge is -2.09. The molecule has 7 heteroatoms. The van der Waals surface area contributed by atoms with E-state index in [1.165, 1.54) is 0 Å². The molecular formula is C16H13N7. The number of nitrogens with one attached hydrogen (secondary N) is 1. The van der Waals surface area contributed by atoms with Crippen molar-refractivity contribution in [3.8, 4) is 11.8 Å². The first-order valence-corrected chi connectivity index (χ1v) is 7.09. The minimum Gasteiger partial charge on any atom is -0.384 e. The molecule has 0 aliphatic carbocycles. The van der Waals surface area contributed by atoms with Crippen LogP contribution in [0.5, 0.6) is 0 Å². The molecule has 0 bridgehead atoms. The Hall–Kier alpha value is -3.40. The Balaban J connectivity index is 2.21. The quantitative estimate of drug-likeness (QED) is 0.561. The van der Waals surface area contributed by atoms with Gasteiger partial charge in [-0.25, -0.2) is 9.97 Å². The average Bonchev–Trinajstić information content (AvgIpc) is 3.04. The zero-order chi connectivity index (χ0) is 16.1. The van der Waals surface area contributed by atoms with Gasteiger partial charge in [0.05, 0.1) is 22.3 Å². The van der Waals surface area contributed by atoms with E-state index in [-0.39, 0.29) is 0 Å². The molecule has 3 aromatic heterocycles. The first kappa shape index (κ1) is 13.3. The summed E-state index contributed by atoms with van der Waals surface area (Å²) in [7, 11) is 0. The molecule has 0 amide bonds. The van der Waals surface area contributed by atoms with Crippen molar-refractivity contribution >= 4 is 27.8 Å². The van der Waals surface area contributed by atoms with E-state index in [0.29, 0.717) is 28.2 Å². The van der Waals surface area contributed by atoms with Crippen LogP contribution in [-0.4, -0.2) is 24.7 Å². The number of nitrogen functional groups attached to an aromatic ring is 1. The second kappa shape index (κ2) is 4.55. The van der Waals surface area contributed by atoms with Gasteiger partial charge in [-0.3, -0.25) is 9.67 Å². The van der Waals surface area contributed by atoms with E-state index < -0.39 is 0 Å². The Bertz CT molecular complexity index is 1110. The summed E-state index contributed by atoms with van der Waals surface area (Å²) in [4.78, 5) is 8.68. The summed E-state index contributed by atoms with van der Waals surface area (Å²) in [5, 5.41) is 18.3. The summed E-state index contributed by atoms with van der Waals surface area (Å²) >= 11 is 0. The van der Waals surface area contributed by atoms with Crippen LogP contribution in [0.1, 0.15) is 17.1 Å². The molecule has 0 aliphatic heterocycles. The number of nitrogens with two attached hydrogens (primary N) is 1. The van der Waals surface area contributed by atoms with Crippen molar-refractivity contribution in [2.75, 3.05) is 5.73 Å². The number of benzene rings is 1. The van der Waals surface area contributed by atoms with Crippen LogP contribution in [-0.2, 0) is 0 Å². The molecule has 4 aromatic rings. The van der Waals surface area contributed by atoms with E-state index in [0.717, 1.165) is 22.3 Å². The highest BCUT2D eigenvalue weighted by Crippen LogP contribution is 2.33. The van der Waals surface area contributed by atoms with Gasteiger partial charge >= 0.3 is 0 Å². The minimum atomic E-state index is 0.357. The molecule has 0 saturated carbocycles. The molecule has 7 nitrogen and oxygen atoms in total. The SMILES string of the molecule is Cc1ncc2c(C#N)c(N)n(-c3cccc4[nH]nc(C)c34)c2n1. The molecule has 0 radical (unpaired) electrons. The molecular weight excluding hydrogens is 290 g/mol. The van der Waals surface area contributed by atoms with E-state index in [9.17, 15) is 5.26 Å². The molecule has 0 unspecified atom stereocenters. The zero-order valence-electron chi connectivity index (χ0n) is 12.6. The summed E-state index contributed by atoms with van der Waals surface area (Å²) in [6.07, 6.45) is 1.64. The number of H-pyrrole nitrogens is 1. The number of anilines is 1. The number of aromatic amines is 1. The third-order valence-electron chi connectivity index (χ3n) is 3.97. The van der Waals surface area contributed by atoms with Crippen LogP contribution in [0.25, 0.3) is 27.6 Å². The normalized spacial score (nSPS) is 11.2. The molecule has 4 rings (SSSR count). The van der Waals surface area contributed by atoms with Gasteiger partial charge in [0.1, 0.15) is 23.3 Å². The minimum absolute atomic E-state index is 0.357. The maximum atomic E-state index is 9.46. The summed E-state index contributed by atoms with van der Waals surface area (Å²) in [6, 6.07) is 7.97. The van der Waals surface area contributed by atoms with Crippen LogP contribution in [0.15, 0.2) is 24.4 Å². The number of hydrogen-bond acceptors (Lipinski definition) is 5. The highest BCUT2D eigenvalue weighted by molar-refractivity contribution is 5.96. The van der Waals surface area contributed by atoms with E-state index in [2.05, 4.69) is 26.2 Å². The number of rotatable bonds is 1. The van der Waals surface area contributed by atoms with Crippen LogP contribution in [0.3, 0.4) is 0 Å².